The Kier molecular flexibility index (Phi) is 5.66. The molecule has 0 aromatic heterocycles. The van der Waals surface area contributed by atoms with Gasteiger partial charge in [0.25, 0.3) is 0 Å². The molecule has 138 valence electrons. The molecule has 1 aliphatic heterocycles. The van der Waals surface area contributed by atoms with Crippen LogP contribution in [0.5, 0.6) is 0 Å². The van der Waals surface area contributed by atoms with Gasteiger partial charge in [-0.2, -0.15) is 13.2 Å². The molecule has 1 heterocycles. The van der Waals surface area contributed by atoms with Crippen LogP contribution in [0.15, 0.2) is 24.3 Å². The Balaban J connectivity index is 1.97. The van der Waals surface area contributed by atoms with Crippen LogP contribution in [0.25, 0.3) is 0 Å². The molecule has 2 unspecified atom stereocenters. The molecule has 0 bridgehead atoms. The third kappa shape index (κ3) is 4.26. The Morgan fingerprint density at radius 1 is 1.32 bits per heavy atom. The largest absolute Gasteiger partial charge is 0.481 e. The second-order valence-electron chi connectivity index (χ2n) is 6.59. The number of amides is 1. The van der Waals surface area contributed by atoms with E-state index in [-0.39, 0.29) is 18.9 Å². The molecule has 8 heteroatoms. The van der Waals surface area contributed by atoms with E-state index in [4.69, 9.17) is 16.7 Å². The summed E-state index contributed by atoms with van der Waals surface area (Å²) in [4.78, 5) is 24.5. The lowest BCUT2D eigenvalue weighted by Crippen LogP contribution is -2.47. The van der Waals surface area contributed by atoms with Crippen molar-refractivity contribution in [3.8, 4) is 0 Å². The topological polar surface area (TPSA) is 57.6 Å². The first-order chi connectivity index (χ1) is 11.5. The second kappa shape index (κ2) is 7.23. The zero-order valence-electron chi connectivity index (χ0n) is 13.6. The monoisotopic (exact) mass is 377 g/mol. The van der Waals surface area contributed by atoms with Crippen molar-refractivity contribution in [2.24, 2.45) is 11.3 Å². The van der Waals surface area contributed by atoms with Crippen LogP contribution in [0.1, 0.15) is 25.3 Å². The smallest absolute Gasteiger partial charge is 0.406 e. The maximum absolute atomic E-state index is 13.2. The van der Waals surface area contributed by atoms with Gasteiger partial charge in [-0.05, 0) is 36.5 Å². The molecule has 0 saturated carbocycles. The zero-order chi connectivity index (χ0) is 18.8. The van der Waals surface area contributed by atoms with E-state index in [9.17, 15) is 22.8 Å². The van der Waals surface area contributed by atoms with E-state index >= 15 is 0 Å². The minimum absolute atomic E-state index is 0.0657. The van der Waals surface area contributed by atoms with Gasteiger partial charge in [0, 0.05) is 24.5 Å². The number of rotatable bonds is 5. The highest BCUT2D eigenvalue weighted by Gasteiger charge is 2.64. The van der Waals surface area contributed by atoms with Crippen molar-refractivity contribution in [2.45, 2.75) is 32.4 Å². The number of carbonyl (C=O) groups excluding carboxylic acids is 1. The normalized spacial score (nSPS) is 22.0. The fraction of sp³-hybridized carbons (Fsp3) is 0.529. The number of nitrogens with zero attached hydrogens (tertiary/aromatic N) is 1. The van der Waals surface area contributed by atoms with Crippen LogP contribution in [-0.4, -0.2) is 41.1 Å². The van der Waals surface area contributed by atoms with Crippen molar-refractivity contribution >= 4 is 23.5 Å². The Hall–Kier alpha value is -1.76. The number of benzene rings is 1. The summed E-state index contributed by atoms with van der Waals surface area (Å²) in [6.45, 7) is 0.813. The third-order valence-electron chi connectivity index (χ3n) is 4.59. The van der Waals surface area contributed by atoms with Crippen molar-refractivity contribution in [2.75, 3.05) is 13.1 Å². The number of carboxylic acid groups (broad SMARTS) is 1. The van der Waals surface area contributed by atoms with Crippen LogP contribution in [0.4, 0.5) is 13.2 Å². The summed E-state index contributed by atoms with van der Waals surface area (Å²) in [5, 5.41) is 9.63. The van der Waals surface area contributed by atoms with Crippen molar-refractivity contribution in [1.82, 2.24) is 4.90 Å². The molecule has 1 amide bonds. The molecule has 1 saturated heterocycles. The summed E-state index contributed by atoms with van der Waals surface area (Å²) >= 11 is 5.81. The van der Waals surface area contributed by atoms with E-state index in [2.05, 4.69) is 0 Å². The lowest BCUT2D eigenvalue weighted by molar-refractivity contribution is -0.227. The lowest BCUT2D eigenvalue weighted by Gasteiger charge is -2.27. The summed E-state index contributed by atoms with van der Waals surface area (Å²) in [5.74, 6) is -2.46. The van der Waals surface area contributed by atoms with Gasteiger partial charge in [0.1, 0.15) is 0 Å². The molecule has 0 radical (unpaired) electrons. The van der Waals surface area contributed by atoms with Gasteiger partial charge in [-0.25, -0.2) is 0 Å². The molecule has 4 nitrogen and oxygen atoms in total. The molecule has 1 N–H and O–H groups in total. The molecule has 0 spiro atoms. The molecule has 0 aliphatic carbocycles. The summed E-state index contributed by atoms with van der Waals surface area (Å²) in [6.07, 6.45) is -4.85. The van der Waals surface area contributed by atoms with E-state index in [1.54, 1.807) is 12.1 Å². The van der Waals surface area contributed by atoms with Gasteiger partial charge in [-0.1, -0.05) is 30.7 Å². The highest BCUT2D eigenvalue weighted by Crippen LogP contribution is 2.45. The maximum Gasteiger partial charge on any atom is 0.406 e. The molecule has 1 aromatic carbocycles. The van der Waals surface area contributed by atoms with Gasteiger partial charge in [-0.3, -0.25) is 9.59 Å². The average molecular weight is 378 g/mol. The molecule has 1 fully saturated rings. The molecule has 2 atom stereocenters. The van der Waals surface area contributed by atoms with Gasteiger partial charge in [-0.15, -0.1) is 0 Å². The van der Waals surface area contributed by atoms with E-state index in [1.165, 1.54) is 0 Å². The summed E-state index contributed by atoms with van der Waals surface area (Å²) in [7, 11) is 0. The number of carbonyl (C=O) groups is 2. The third-order valence-corrected chi connectivity index (χ3v) is 4.85. The molecule has 25 heavy (non-hydrogen) atoms. The Morgan fingerprint density at radius 2 is 1.92 bits per heavy atom. The summed E-state index contributed by atoms with van der Waals surface area (Å²) in [6, 6.07) is 7.13. The first-order valence-corrected chi connectivity index (χ1v) is 8.25. The van der Waals surface area contributed by atoms with Crippen LogP contribution in [0, 0.1) is 11.3 Å². The number of alkyl halides is 3. The van der Waals surface area contributed by atoms with Gasteiger partial charge >= 0.3 is 12.1 Å². The predicted molar refractivity (Wildman–Crippen MR) is 86.3 cm³/mol. The van der Waals surface area contributed by atoms with Crippen LogP contribution in [0.3, 0.4) is 0 Å². The highest BCUT2D eigenvalue weighted by atomic mass is 35.5. The minimum Gasteiger partial charge on any atom is -0.481 e. The van der Waals surface area contributed by atoms with Gasteiger partial charge < -0.3 is 10.0 Å². The fourth-order valence-electron chi connectivity index (χ4n) is 3.07. The average Bonchev–Trinajstić information content (AvgIpc) is 2.96. The van der Waals surface area contributed by atoms with E-state index in [1.807, 2.05) is 19.1 Å². The fourth-order valence-corrected chi connectivity index (χ4v) is 3.20. The van der Waals surface area contributed by atoms with Gasteiger partial charge in [0.2, 0.25) is 5.91 Å². The van der Waals surface area contributed by atoms with Gasteiger partial charge in [0.15, 0.2) is 5.41 Å². The van der Waals surface area contributed by atoms with E-state index < -0.39 is 36.4 Å². The maximum atomic E-state index is 13.2. The van der Waals surface area contributed by atoms with Crippen LogP contribution < -0.4 is 0 Å². The summed E-state index contributed by atoms with van der Waals surface area (Å²) < 4.78 is 39.5. The van der Waals surface area contributed by atoms with E-state index in [0.717, 1.165) is 10.5 Å². The van der Waals surface area contributed by atoms with Crippen molar-refractivity contribution in [1.29, 1.82) is 0 Å². The highest BCUT2D eigenvalue weighted by molar-refractivity contribution is 6.30. The minimum atomic E-state index is -4.89. The number of halogens is 4. The number of carboxylic acids is 1. The molecule has 2 rings (SSSR count). The Labute approximate surface area is 148 Å². The Morgan fingerprint density at radius 3 is 2.40 bits per heavy atom. The SMILES string of the molecule is CC(CC(=O)N1CCC(C(=O)O)(C(F)(F)F)C1)Cc1ccc(Cl)cc1. The van der Waals surface area contributed by atoms with Crippen molar-refractivity contribution in [3.05, 3.63) is 34.9 Å². The molecule has 1 aliphatic rings. The zero-order valence-corrected chi connectivity index (χ0v) is 14.4. The lowest BCUT2D eigenvalue weighted by atomic mass is 9.86. The number of likely N-dealkylation sites (tertiary alicyclic amines) is 1. The van der Waals surface area contributed by atoms with Gasteiger partial charge in [0.05, 0.1) is 0 Å². The number of aliphatic carboxylic acids is 1. The van der Waals surface area contributed by atoms with Crippen molar-refractivity contribution < 1.29 is 27.9 Å². The first-order valence-electron chi connectivity index (χ1n) is 7.87. The number of hydrogen-bond donors (Lipinski definition) is 1. The van der Waals surface area contributed by atoms with Crippen molar-refractivity contribution in [3.63, 3.8) is 0 Å². The standard InChI is InChI=1S/C17H19ClF3NO3/c1-11(8-12-2-4-13(18)5-3-12)9-14(23)22-7-6-16(10-22,15(24)25)17(19,20)21/h2-5,11H,6-10H2,1H3,(H,24,25). The predicted octanol–water partition coefficient (Wildman–Crippen LogP) is 3.77. The quantitative estimate of drug-likeness (QED) is 0.849. The van der Waals surface area contributed by atoms with Crippen LogP contribution >= 0.6 is 11.6 Å². The van der Waals surface area contributed by atoms with Crippen LogP contribution in [-0.2, 0) is 16.0 Å². The van der Waals surface area contributed by atoms with Crippen LogP contribution in [0.2, 0.25) is 5.02 Å². The molecular formula is C17H19ClF3NO3. The van der Waals surface area contributed by atoms with E-state index in [0.29, 0.717) is 11.4 Å². The molecule has 1 aromatic rings. The Bertz CT molecular complexity index is 648. The second-order valence-corrected chi connectivity index (χ2v) is 7.03. The first kappa shape index (κ1) is 19.6. The molecular weight excluding hydrogens is 359 g/mol. The number of hydrogen-bond acceptors (Lipinski definition) is 2. The summed E-state index contributed by atoms with van der Waals surface area (Å²) in [5.41, 5.74) is -1.89.